The number of thioether (sulfide) groups is 1. The molecule has 0 bridgehead atoms. The van der Waals surface area contributed by atoms with Crippen LogP contribution in [0.3, 0.4) is 0 Å². The molecule has 4 heterocycles. The Morgan fingerprint density at radius 2 is 1.74 bits per heavy atom. The molecule has 5 rings (SSSR count). The number of pyridine rings is 1. The predicted octanol–water partition coefficient (Wildman–Crippen LogP) is 6.57. The number of piperidine rings is 2. The molecular weight excluding hydrogens is 732 g/mol. The molecule has 0 spiro atoms. The lowest BCUT2D eigenvalue weighted by Gasteiger charge is -2.53. The average molecular weight is 774 g/mol. The van der Waals surface area contributed by atoms with Crippen LogP contribution >= 0.6 is 11.8 Å². The molecule has 2 saturated heterocycles. The number of hydrogen-bond donors (Lipinski definition) is 2. The van der Waals surface area contributed by atoms with Gasteiger partial charge in [-0.05, 0) is 56.4 Å². The van der Waals surface area contributed by atoms with E-state index in [1.807, 2.05) is 0 Å². The van der Waals surface area contributed by atoms with Crippen molar-refractivity contribution in [3.8, 4) is 5.75 Å². The number of methoxy groups -OCH3 is 1. The third kappa shape index (κ3) is 8.46. The lowest BCUT2D eigenvalue weighted by atomic mass is 9.76. The first-order valence-electron chi connectivity index (χ1n) is 17.3. The van der Waals surface area contributed by atoms with Crippen molar-refractivity contribution in [2.45, 2.75) is 100 Å². The van der Waals surface area contributed by atoms with E-state index < -0.39 is 82.1 Å². The van der Waals surface area contributed by atoms with Gasteiger partial charge in [-0.1, -0.05) is 31.5 Å². The molecule has 10 nitrogen and oxygen atoms in total. The summed E-state index contributed by atoms with van der Waals surface area (Å²) in [4.78, 5) is 46.5. The van der Waals surface area contributed by atoms with Gasteiger partial charge in [0.25, 0.3) is 11.8 Å². The highest BCUT2D eigenvalue weighted by atomic mass is 32.2. The van der Waals surface area contributed by atoms with E-state index >= 15 is 4.79 Å². The summed E-state index contributed by atoms with van der Waals surface area (Å²) in [5.74, 6) is -2.88. The Morgan fingerprint density at radius 3 is 2.38 bits per heavy atom. The molecule has 0 saturated carbocycles. The number of aromatic nitrogens is 1. The molecule has 2 aromatic rings. The fourth-order valence-corrected chi connectivity index (χ4v) is 8.66. The van der Waals surface area contributed by atoms with E-state index in [1.165, 1.54) is 12.0 Å². The first kappa shape index (κ1) is 40.4. The minimum absolute atomic E-state index is 0.0279. The van der Waals surface area contributed by atoms with Gasteiger partial charge in [-0.2, -0.15) is 26.3 Å². The maximum Gasteiger partial charge on any atom is 0.422 e. The number of aliphatic carboxylic acids is 1. The summed E-state index contributed by atoms with van der Waals surface area (Å²) < 4.78 is 95.5. The number of carboxylic acids is 1. The molecule has 1 aromatic heterocycles. The molecule has 1 aromatic carbocycles. The van der Waals surface area contributed by atoms with Gasteiger partial charge in [-0.15, -0.1) is 11.8 Å². The largest absolute Gasteiger partial charge is 0.496 e. The van der Waals surface area contributed by atoms with E-state index in [1.54, 1.807) is 31.2 Å². The van der Waals surface area contributed by atoms with Gasteiger partial charge in [0.05, 0.1) is 35.3 Å². The Labute approximate surface area is 306 Å². The number of carbonyl (C=O) groups excluding carboxylic acids is 2. The molecule has 2 amide bonds. The average Bonchev–Trinajstić information content (AvgIpc) is 3.60. The van der Waals surface area contributed by atoms with Crippen molar-refractivity contribution in [1.29, 1.82) is 0 Å². The zero-order valence-electron chi connectivity index (χ0n) is 29.1. The number of rotatable bonds is 11. The number of nitrogens with zero attached hydrogens (tertiary/aromatic N) is 3. The Bertz CT molecular complexity index is 1710. The molecule has 17 heteroatoms. The summed E-state index contributed by atoms with van der Waals surface area (Å²) in [6.07, 6.45) is -9.40. The van der Waals surface area contributed by atoms with Gasteiger partial charge in [-0.25, -0.2) is 0 Å². The number of alkyl halides is 6. The van der Waals surface area contributed by atoms with Crippen LogP contribution in [0.4, 0.5) is 26.3 Å². The first-order chi connectivity index (χ1) is 24.9. The van der Waals surface area contributed by atoms with Crippen LogP contribution in [0, 0.1) is 0 Å². The molecule has 0 aliphatic carbocycles. The topological polar surface area (TPSA) is 130 Å². The number of hydrogen-bond acceptors (Lipinski definition) is 8. The highest BCUT2D eigenvalue weighted by Crippen LogP contribution is 2.47. The van der Waals surface area contributed by atoms with Crippen LogP contribution in [-0.2, 0) is 26.1 Å². The van der Waals surface area contributed by atoms with Crippen molar-refractivity contribution in [3.05, 3.63) is 70.4 Å². The number of likely N-dealkylation sites (tertiary alicyclic amines) is 2. The second-order valence-corrected chi connectivity index (χ2v) is 14.5. The summed E-state index contributed by atoms with van der Waals surface area (Å²) in [6.45, 7) is 1.50. The van der Waals surface area contributed by atoms with Crippen molar-refractivity contribution >= 4 is 29.5 Å². The monoisotopic (exact) mass is 773 g/mol. The van der Waals surface area contributed by atoms with Crippen LogP contribution in [0.2, 0.25) is 0 Å². The van der Waals surface area contributed by atoms with Gasteiger partial charge in [0.15, 0.2) is 5.60 Å². The summed E-state index contributed by atoms with van der Waals surface area (Å²) in [5.41, 5.74) is -5.38. The van der Waals surface area contributed by atoms with Gasteiger partial charge in [0, 0.05) is 49.5 Å². The van der Waals surface area contributed by atoms with Crippen molar-refractivity contribution in [3.63, 3.8) is 0 Å². The zero-order valence-corrected chi connectivity index (χ0v) is 29.9. The Balaban J connectivity index is 1.60. The lowest BCUT2D eigenvalue weighted by molar-refractivity contribution is -0.188. The molecule has 3 unspecified atom stereocenters. The first-order valence-corrected chi connectivity index (χ1v) is 18.2. The van der Waals surface area contributed by atoms with E-state index in [4.69, 9.17) is 9.47 Å². The molecule has 2 N–H and O–H groups in total. The highest BCUT2D eigenvalue weighted by molar-refractivity contribution is 8.03. The van der Waals surface area contributed by atoms with Crippen LogP contribution in [-0.4, -0.2) is 98.7 Å². The smallest absolute Gasteiger partial charge is 0.422 e. The number of carbonyl (C=O) groups is 3. The Kier molecular flexibility index (Phi) is 12.1. The van der Waals surface area contributed by atoms with Crippen LogP contribution < -0.4 is 4.74 Å². The van der Waals surface area contributed by atoms with Crippen LogP contribution in [0.15, 0.2) is 53.6 Å². The van der Waals surface area contributed by atoms with Gasteiger partial charge >= 0.3 is 18.3 Å². The number of benzene rings is 1. The molecule has 53 heavy (non-hydrogen) atoms. The molecule has 5 atom stereocenters. The number of amides is 2. The van der Waals surface area contributed by atoms with Crippen LogP contribution in [0.1, 0.15) is 79.9 Å². The molecular formula is C36H41F6N3O7S. The second-order valence-electron chi connectivity index (χ2n) is 13.5. The molecule has 0 radical (unpaired) electrons. The van der Waals surface area contributed by atoms with Gasteiger partial charge in [-0.3, -0.25) is 19.4 Å². The summed E-state index contributed by atoms with van der Waals surface area (Å²) in [7, 11) is 1.43. The highest BCUT2D eigenvalue weighted by Gasteiger charge is 2.58. The fraction of sp³-hybridized carbons (Fsp3) is 0.556. The number of carboxylic acid groups (broad SMARTS) is 1. The van der Waals surface area contributed by atoms with Crippen molar-refractivity contribution in [1.82, 2.24) is 14.8 Å². The summed E-state index contributed by atoms with van der Waals surface area (Å²) >= 11 is 0.488. The van der Waals surface area contributed by atoms with E-state index in [-0.39, 0.29) is 57.4 Å². The van der Waals surface area contributed by atoms with Gasteiger partial charge < -0.3 is 29.5 Å². The van der Waals surface area contributed by atoms with Crippen molar-refractivity contribution in [2.24, 2.45) is 0 Å². The van der Waals surface area contributed by atoms with Gasteiger partial charge in [0.2, 0.25) is 0 Å². The maximum atomic E-state index is 15.2. The Hall–Kier alpha value is -3.83. The SMILES string of the molecule is CCC[C@H]1N(C(=O)c2ncccc2C(F)(F)F)CCC[C@@]1(OC1C=C(C(F)(F)F)SC1)C(=O)N1CCC(O)(c2ccccc2OC)CC1CCC(=O)O. The van der Waals surface area contributed by atoms with E-state index in [0.29, 0.717) is 29.5 Å². The molecule has 290 valence electrons. The van der Waals surface area contributed by atoms with E-state index in [0.717, 1.165) is 29.3 Å². The van der Waals surface area contributed by atoms with Crippen molar-refractivity contribution < 1.29 is 60.4 Å². The summed E-state index contributed by atoms with van der Waals surface area (Å²) in [6, 6.07) is 6.30. The minimum Gasteiger partial charge on any atom is -0.496 e. The van der Waals surface area contributed by atoms with E-state index in [2.05, 4.69) is 4.98 Å². The van der Waals surface area contributed by atoms with E-state index in [9.17, 15) is 46.1 Å². The number of aliphatic hydroxyl groups is 1. The quantitative estimate of drug-likeness (QED) is 0.244. The third-order valence-corrected chi connectivity index (χ3v) is 11.3. The van der Waals surface area contributed by atoms with Crippen LogP contribution in [0.25, 0.3) is 0 Å². The molecule has 3 aliphatic heterocycles. The van der Waals surface area contributed by atoms with Gasteiger partial charge in [0.1, 0.15) is 11.4 Å². The predicted molar refractivity (Wildman–Crippen MR) is 181 cm³/mol. The molecule has 3 aliphatic rings. The standard InChI is InChI=1S/C36H41F6N3O7S/c1-3-8-27-34(52-23-19-28(53-21-23)36(40,41)42,14-7-17-45(27)31(48)30-25(35(37,38)39)10-6-16-43-30)32(49)44-18-15-33(50,20-22(44)12-13-29(46)47)24-9-4-5-11-26(24)51-2/h4-6,9-11,16,19,22-23,27,50H,3,7-8,12-15,17-18,20-21H2,1-2H3,(H,46,47)/t22?,23?,27-,33?,34+/m1/s1. The number of ether oxygens (including phenoxy) is 2. The molecule has 2 fully saturated rings. The third-order valence-electron chi connectivity index (χ3n) is 10.1. The number of halogens is 6. The number of allylic oxidation sites excluding steroid dienone is 1. The minimum atomic E-state index is -4.94. The number of para-hydroxylation sites is 1. The maximum absolute atomic E-state index is 15.2. The fourth-order valence-electron chi connectivity index (χ4n) is 7.74. The zero-order chi connectivity index (χ0) is 38.8. The Morgan fingerprint density at radius 1 is 1.00 bits per heavy atom. The second kappa shape index (κ2) is 15.9. The lowest BCUT2D eigenvalue weighted by Crippen LogP contribution is -2.69. The van der Waals surface area contributed by atoms with Crippen molar-refractivity contribution in [2.75, 3.05) is 26.0 Å². The van der Waals surface area contributed by atoms with Crippen LogP contribution in [0.5, 0.6) is 5.75 Å². The summed E-state index contributed by atoms with van der Waals surface area (Å²) in [5, 5.41) is 21.6. The normalized spacial score (nSPS) is 26.7.